The van der Waals surface area contributed by atoms with E-state index in [1.807, 2.05) is 19.1 Å². The van der Waals surface area contributed by atoms with Crippen molar-refractivity contribution in [3.05, 3.63) is 58.7 Å². The standard InChI is InChI=1S/C21H31FN4O2S/c1-15-19(13-16-7-9-18(10-8-16)29(27,28)25(5)6)20(21(2,3)4)24-26(15)14-17(22)11-12-23/h7-11H,12-14,23H2,1-6H3. The van der Waals surface area contributed by atoms with Crippen molar-refractivity contribution in [3.8, 4) is 0 Å². The van der Waals surface area contributed by atoms with Crippen molar-refractivity contribution >= 4 is 10.0 Å². The smallest absolute Gasteiger partial charge is 0.242 e. The second-order valence-corrected chi connectivity index (χ2v) is 10.5. The number of hydrogen-bond acceptors (Lipinski definition) is 4. The van der Waals surface area contributed by atoms with E-state index in [1.165, 1.54) is 24.5 Å². The Morgan fingerprint density at radius 1 is 1.24 bits per heavy atom. The van der Waals surface area contributed by atoms with Crippen LogP contribution in [0.2, 0.25) is 0 Å². The molecule has 0 saturated heterocycles. The van der Waals surface area contributed by atoms with Gasteiger partial charge in [-0.15, -0.1) is 0 Å². The molecule has 0 fully saturated rings. The predicted molar refractivity (Wildman–Crippen MR) is 114 cm³/mol. The molecule has 0 atom stereocenters. The minimum Gasteiger partial charge on any atom is -0.327 e. The number of benzene rings is 1. The zero-order valence-electron chi connectivity index (χ0n) is 18.0. The van der Waals surface area contributed by atoms with E-state index in [-0.39, 0.29) is 29.2 Å². The number of hydrogen-bond donors (Lipinski definition) is 1. The lowest BCUT2D eigenvalue weighted by Gasteiger charge is -2.18. The van der Waals surface area contributed by atoms with Gasteiger partial charge >= 0.3 is 0 Å². The molecule has 8 heteroatoms. The zero-order chi connectivity index (χ0) is 22.0. The summed E-state index contributed by atoms with van der Waals surface area (Å²) in [5.74, 6) is -0.316. The van der Waals surface area contributed by atoms with E-state index in [9.17, 15) is 12.8 Å². The Morgan fingerprint density at radius 3 is 2.31 bits per heavy atom. The molecule has 0 aliphatic heterocycles. The van der Waals surface area contributed by atoms with Gasteiger partial charge in [0, 0.05) is 43.7 Å². The highest BCUT2D eigenvalue weighted by molar-refractivity contribution is 7.89. The van der Waals surface area contributed by atoms with E-state index >= 15 is 0 Å². The predicted octanol–water partition coefficient (Wildman–Crippen LogP) is 3.14. The van der Waals surface area contributed by atoms with Crippen LogP contribution in [0.3, 0.4) is 0 Å². The van der Waals surface area contributed by atoms with Gasteiger partial charge in [-0.1, -0.05) is 32.9 Å². The average Bonchev–Trinajstić information content (AvgIpc) is 2.92. The first-order chi connectivity index (χ1) is 13.4. The topological polar surface area (TPSA) is 81.2 Å². The third kappa shape index (κ3) is 5.32. The van der Waals surface area contributed by atoms with Gasteiger partial charge in [-0.25, -0.2) is 17.1 Å². The Hall–Kier alpha value is -2.03. The van der Waals surface area contributed by atoms with E-state index < -0.39 is 10.0 Å². The van der Waals surface area contributed by atoms with E-state index in [0.717, 1.165) is 22.5 Å². The molecular formula is C21H31FN4O2S. The summed E-state index contributed by atoms with van der Waals surface area (Å²) in [5, 5.41) is 4.67. The molecule has 2 rings (SSSR count). The third-order valence-corrected chi connectivity index (χ3v) is 6.59. The van der Waals surface area contributed by atoms with Crippen molar-refractivity contribution in [3.63, 3.8) is 0 Å². The molecule has 0 bridgehead atoms. The lowest BCUT2D eigenvalue weighted by molar-refractivity contribution is 0.497. The molecule has 1 aromatic heterocycles. The monoisotopic (exact) mass is 422 g/mol. The van der Waals surface area contributed by atoms with Crippen LogP contribution in [0.4, 0.5) is 4.39 Å². The fourth-order valence-electron chi connectivity index (χ4n) is 3.08. The molecule has 6 nitrogen and oxygen atoms in total. The van der Waals surface area contributed by atoms with Crippen molar-refractivity contribution in [2.45, 2.75) is 51.0 Å². The maximum atomic E-state index is 14.0. The summed E-state index contributed by atoms with van der Waals surface area (Å²) in [6, 6.07) is 6.86. The van der Waals surface area contributed by atoms with Gasteiger partial charge in [0.05, 0.1) is 17.1 Å². The highest BCUT2D eigenvalue weighted by atomic mass is 32.2. The molecule has 2 N–H and O–H groups in total. The lowest BCUT2D eigenvalue weighted by Crippen LogP contribution is -2.22. The normalized spacial score (nSPS) is 13.3. The fraction of sp³-hybridized carbons (Fsp3) is 0.476. The van der Waals surface area contributed by atoms with Gasteiger partial charge in [-0.2, -0.15) is 5.10 Å². The van der Waals surface area contributed by atoms with Crippen LogP contribution in [0.25, 0.3) is 0 Å². The number of sulfonamides is 1. The molecule has 0 aliphatic carbocycles. The highest BCUT2D eigenvalue weighted by Gasteiger charge is 2.25. The largest absolute Gasteiger partial charge is 0.327 e. The number of nitrogens with zero attached hydrogens (tertiary/aromatic N) is 3. The molecule has 1 aromatic carbocycles. The first kappa shape index (κ1) is 23.3. The van der Waals surface area contributed by atoms with Crippen molar-refractivity contribution in [2.75, 3.05) is 20.6 Å². The Balaban J connectivity index is 2.41. The summed E-state index contributed by atoms with van der Waals surface area (Å²) in [6.07, 6.45) is 1.93. The van der Waals surface area contributed by atoms with Gasteiger partial charge in [0.15, 0.2) is 0 Å². The van der Waals surface area contributed by atoms with Crippen molar-refractivity contribution < 1.29 is 12.8 Å². The Bertz CT molecular complexity index is 985. The van der Waals surface area contributed by atoms with Gasteiger partial charge in [-0.3, -0.25) is 4.68 Å². The third-order valence-electron chi connectivity index (χ3n) is 4.76. The second-order valence-electron chi connectivity index (χ2n) is 8.32. The van der Waals surface area contributed by atoms with Crippen LogP contribution < -0.4 is 5.73 Å². The van der Waals surface area contributed by atoms with Crippen LogP contribution in [0.5, 0.6) is 0 Å². The molecule has 0 aliphatic rings. The molecule has 0 amide bonds. The average molecular weight is 423 g/mol. The first-order valence-electron chi connectivity index (χ1n) is 9.50. The summed E-state index contributed by atoms with van der Waals surface area (Å²) in [4.78, 5) is 0.253. The summed E-state index contributed by atoms with van der Waals surface area (Å²) in [5.41, 5.74) is 8.97. The number of halogens is 1. The molecular weight excluding hydrogens is 391 g/mol. The summed E-state index contributed by atoms with van der Waals surface area (Å²) in [7, 11) is -0.445. The van der Waals surface area contributed by atoms with E-state index in [2.05, 4.69) is 25.9 Å². The molecule has 0 radical (unpaired) electrons. The summed E-state index contributed by atoms with van der Waals surface area (Å²) in [6.45, 7) is 8.34. The molecule has 0 unspecified atom stereocenters. The fourth-order valence-corrected chi connectivity index (χ4v) is 3.98. The minimum absolute atomic E-state index is 0.0477. The first-order valence-corrected chi connectivity index (χ1v) is 10.9. The van der Waals surface area contributed by atoms with E-state index in [4.69, 9.17) is 5.73 Å². The van der Waals surface area contributed by atoms with Crippen LogP contribution in [-0.2, 0) is 28.4 Å². The maximum Gasteiger partial charge on any atom is 0.242 e. The Kier molecular flexibility index (Phi) is 7.03. The minimum atomic E-state index is -3.46. The van der Waals surface area contributed by atoms with Crippen molar-refractivity contribution in [2.24, 2.45) is 5.73 Å². The van der Waals surface area contributed by atoms with Crippen LogP contribution in [0, 0.1) is 6.92 Å². The van der Waals surface area contributed by atoms with E-state index in [1.54, 1.807) is 16.8 Å². The van der Waals surface area contributed by atoms with Crippen LogP contribution in [0.1, 0.15) is 43.3 Å². The van der Waals surface area contributed by atoms with E-state index in [0.29, 0.717) is 6.42 Å². The highest BCUT2D eigenvalue weighted by Crippen LogP contribution is 2.29. The summed E-state index contributed by atoms with van der Waals surface area (Å²) >= 11 is 0. The molecule has 1 heterocycles. The van der Waals surface area contributed by atoms with Crippen LogP contribution in [-0.4, -0.2) is 43.1 Å². The molecule has 0 saturated carbocycles. The number of rotatable bonds is 7. The van der Waals surface area contributed by atoms with Crippen LogP contribution >= 0.6 is 0 Å². The summed E-state index contributed by atoms with van der Waals surface area (Å²) < 4.78 is 41.4. The SMILES string of the molecule is Cc1c(Cc2ccc(S(=O)(=O)N(C)C)cc2)c(C(C)(C)C)nn1CC(F)=CCN. The van der Waals surface area contributed by atoms with Gasteiger partial charge in [0.2, 0.25) is 10.0 Å². The number of allylic oxidation sites excluding steroid dienone is 1. The molecule has 160 valence electrons. The van der Waals surface area contributed by atoms with Crippen molar-refractivity contribution in [1.82, 2.24) is 14.1 Å². The van der Waals surface area contributed by atoms with Gasteiger partial charge in [-0.05, 0) is 30.7 Å². The number of aromatic nitrogens is 2. The van der Waals surface area contributed by atoms with Gasteiger partial charge in [0.25, 0.3) is 0 Å². The second kappa shape index (κ2) is 8.77. The lowest BCUT2D eigenvalue weighted by atomic mass is 9.87. The molecule has 0 spiro atoms. The maximum absolute atomic E-state index is 14.0. The quantitative estimate of drug-likeness (QED) is 0.743. The van der Waals surface area contributed by atoms with Crippen LogP contribution in [0.15, 0.2) is 41.1 Å². The van der Waals surface area contributed by atoms with Gasteiger partial charge < -0.3 is 5.73 Å². The number of nitrogens with two attached hydrogens (primary N) is 1. The van der Waals surface area contributed by atoms with Crippen molar-refractivity contribution in [1.29, 1.82) is 0 Å². The Labute approximate surface area is 173 Å². The zero-order valence-corrected chi connectivity index (χ0v) is 18.8. The van der Waals surface area contributed by atoms with Gasteiger partial charge in [0.1, 0.15) is 5.83 Å². The Morgan fingerprint density at radius 2 is 1.83 bits per heavy atom. The molecule has 2 aromatic rings. The molecule has 29 heavy (non-hydrogen) atoms.